The summed E-state index contributed by atoms with van der Waals surface area (Å²) in [7, 11) is 1.46. The van der Waals surface area contributed by atoms with E-state index in [1.807, 2.05) is 0 Å². The third kappa shape index (κ3) is 1.54. The summed E-state index contributed by atoms with van der Waals surface area (Å²) >= 11 is 0. The number of ether oxygens (including phenoxy) is 1. The fourth-order valence-electron chi connectivity index (χ4n) is 8.83. The van der Waals surface area contributed by atoms with Gasteiger partial charge in [-0.1, -0.05) is 19.4 Å². The zero-order valence-electron chi connectivity index (χ0n) is 17.1. The Hall–Kier alpha value is -1.17. The first-order chi connectivity index (χ1) is 13.3. The van der Waals surface area contributed by atoms with Gasteiger partial charge >= 0.3 is 5.97 Å². The molecule has 2 saturated heterocycles. The van der Waals surface area contributed by atoms with Gasteiger partial charge < -0.3 is 14.9 Å². The molecule has 2 N–H and O–H groups in total. The molecule has 2 aliphatic heterocycles. The van der Waals surface area contributed by atoms with Gasteiger partial charge in [0, 0.05) is 30.0 Å². The van der Waals surface area contributed by atoms with Gasteiger partial charge in [-0.25, -0.2) is 4.79 Å². The monoisotopic (exact) mass is 385 g/mol. The fraction of sp³-hybridized carbons (Fsp3) is 0.783. The Balaban J connectivity index is 1.69. The van der Waals surface area contributed by atoms with Gasteiger partial charge in [0.1, 0.15) is 5.72 Å². The van der Waals surface area contributed by atoms with Crippen molar-refractivity contribution >= 4 is 5.97 Å². The number of rotatable bonds is 1. The molecular weight excluding hydrogens is 354 g/mol. The van der Waals surface area contributed by atoms with E-state index in [9.17, 15) is 15.0 Å². The van der Waals surface area contributed by atoms with Gasteiger partial charge in [0.05, 0.1) is 18.6 Å². The average Bonchev–Trinajstić information content (AvgIpc) is 3.29. The summed E-state index contributed by atoms with van der Waals surface area (Å²) in [5.41, 5.74) is 2.61. The van der Waals surface area contributed by atoms with Crippen LogP contribution in [0.1, 0.15) is 52.4 Å². The Labute approximate surface area is 166 Å². The van der Waals surface area contributed by atoms with Crippen LogP contribution < -0.4 is 0 Å². The minimum absolute atomic E-state index is 0.0437. The van der Waals surface area contributed by atoms with Crippen LogP contribution in [0.15, 0.2) is 22.3 Å². The molecular formula is C23H31NO4. The molecule has 6 aliphatic rings. The number of aliphatic hydroxyl groups is 2. The summed E-state index contributed by atoms with van der Waals surface area (Å²) in [6, 6.07) is 0. The molecule has 152 valence electrons. The Bertz CT molecular complexity index is 861. The molecule has 0 aromatic rings. The van der Waals surface area contributed by atoms with Crippen molar-refractivity contribution in [2.24, 2.45) is 28.6 Å². The molecule has 28 heavy (non-hydrogen) atoms. The standard InChI is InChI=1S/C23H31NO4/c1-12-10-24-11-14-6-4-13-5-7-15-16(20(26)28-3)9-22(19(13)15)21(14,2)18(25)8-17(12)23(22,24)27/h12,14,17-18,25,27H,4-11H2,1-3H3/t12-,14-,17-,18-,21-,22-,23-/m1/s1. The molecule has 0 aromatic heterocycles. The maximum absolute atomic E-state index is 12.8. The van der Waals surface area contributed by atoms with Crippen molar-refractivity contribution in [3.63, 3.8) is 0 Å². The third-order valence-electron chi connectivity index (χ3n) is 9.99. The molecule has 4 aliphatic carbocycles. The number of esters is 1. The first-order valence-corrected chi connectivity index (χ1v) is 11.0. The topological polar surface area (TPSA) is 70.0 Å². The van der Waals surface area contributed by atoms with Gasteiger partial charge in [-0.15, -0.1) is 0 Å². The lowest BCUT2D eigenvalue weighted by atomic mass is 9.41. The van der Waals surface area contributed by atoms with E-state index in [4.69, 9.17) is 4.74 Å². The molecule has 7 atom stereocenters. The number of nitrogens with zero attached hydrogens (tertiary/aromatic N) is 1. The molecule has 0 radical (unpaired) electrons. The van der Waals surface area contributed by atoms with Crippen molar-refractivity contribution in [2.75, 3.05) is 20.2 Å². The van der Waals surface area contributed by atoms with Crippen LogP contribution in [0.2, 0.25) is 0 Å². The van der Waals surface area contributed by atoms with Crippen LogP contribution in [0.5, 0.6) is 0 Å². The lowest BCUT2D eigenvalue weighted by Gasteiger charge is -2.70. The third-order valence-corrected chi connectivity index (χ3v) is 9.99. The quantitative estimate of drug-likeness (QED) is 0.679. The van der Waals surface area contributed by atoms with Crippen molar-refractivity contribution in [1.82, 2.24) is 4.90 Å². The molecule has 6 rings (SSSR count). The lowest BCUT2D eigenvalue weighted by molar-refractivity contribution is -0.318. The molecule has 5 nitrogen and oxygen atoms in total. The van der Waals surface area contributed by atoms with Crippen LogP contribution in [0, 0.1) is 28.6 Å². The van der Waals surface area contributed by atoms with E-state index in [0.29, 0.717) is 24.7 Å². The van der Waals surface area contributed by atoms with Gasteiger partial charge in [0.2, 0.25) is 0 Å². The Morgan fingerprint density at radius 3 is 2.79 bits per heavy atom. The predicted octanol–water partition coefficient (Wildman–Crippen LogP) is 2.39. The van der Waals surface area contributed by atoms with E-state index < -0.39 is 22.7 Å². The summed E-state index contributed by atoms with van der Waals surface area (Å²) in [6.45, 7) is 6.19. The van der Waals surface area contributed by atoms with E-state index in [-0.39, 0.29) is 11.9 Å². The first-order valence-electron chi connectivity index (χ1n) is 11.0. The van der Waals surface area contributed by atoms with Crippen LogP contribution in [-0.2, 0) is 9.53 Å². The number of carbonyl (C=O) groups excluding carboxylic acids is 1. The van der Waals surface area contributed by atoms with Crippen LogP contribution in [-0.4, -0.2) is 53.1 Å². The molecule has 5 heteroatoms. The number of allylic oxidation sites excluding steroid dienone is 2. The average molecular weight is 386 g/mol. The van der Waals surface area contributed by atoms with Crippen molar-refractivity contribution < 1.29 is 19.7 Å². The highest BCUT2D eigenvalue weighted by molar-refractivity contribution is 5.93. The molecule has 3 fully saturated rings. The number of aliphatic hydroxyl groups excluding tert-OH is 1. The zero-order valence-corrected chi connectivity index (χ0v) is 17.1. The Kier molecular flexibility index (Phi) is 3.22. The van der Waals surface area contributed by atoms with Crippen LogP contribution in [0.4, 0.5) is 0 Å². The summed E-state index contributed by atoms with van der Waals surface area (Å²) in [4.78, 5) is 15.1. The van der Waals surface area contributed by atoms with Crippen molar-refractivity contribution in [2.45, 2.75) is 64.2 Å². The van der Waals surface area contributed by atoms with Crippen molar-refractivity contribution in [3.8, 4) is 0 Å². The summed E-state index contributed by atoms with van der Waals surface area (Å²) in [5.74, 6) is 0.471. The molecule has 1 spiro atoms. The molecule has 4 bridgehead atoms. The predicted molar refractivity (Wildman–Crippen MR) is 103 cm³/mol. The van der Waals surface area contributed by atoms with Gasteiger partial charge in [-0.2, -0.15) is 0 Å². The van der Waals surface area contributed by atoms with Crippen LogP contribution in [0.25, 0.3) is 0 Å². The van der Waals surface area contributed by atoms with E-state index in [2.05, 4.69) is 18.7 Å². The second-order valence-corrected chi connectivity index (χ2v) is 10.5. The SMILES string of the molecule is COC(=O)C1=C2CCC3=C2[C@]2(C1)[C@]1(C)[C@H](CC3)CN3C[C@@H](C)[C@@H](C[C@H]1O)[C@]32O. The van der Waals surface area contributed by atoms with E-state index >= 15 is 0 Å². The van der Waals surface area contributed by atoms with E-state index in [1.165, 1.54) is 18.3 Å². The second kappa shape index (κ2) is 5.11. The largest absolute Gasteiger partial charge is 0.466 e. The number of hydrogen-bond donors (Lipinski definition) is 2. The molecule has 0 unspecified atom stereocenters. The molecule has 0 amide bonds. The van der Waals surface area contributed by atoms with Gasteiger partial charge in [0.15, 0.2) is 0 Å². The highest BCUT2D eigenvalue weighted by Gasteiger charge is 2.81. The van der Waals surface area contributed by atoms with Crippen molar-refractivity contribution in [3.05, 3.63) is 22.3 Å². The summed E-state index contributed by atoms with van der Waals surface area (Å²) in [5, 5.41) is 24.2. The van der Waals surface area contributed by atoms with Gasteiger partial charge in [-0.3, -0.25) is 4.90 Å². The second-order valence-electron chi connectivity index (χ2n) is 10.5. The summed E-state index contributed by atoms with van der Waals surface area (Å²) in [6.07, 6.45) is 4.71. The first kappa shape index (κ1) is 17.7. The Morgan fingerprint density at radius 2 is 2.04 bits per heavy atom. The highest BCUT2D eigenvalue weighted by Crippen LogP contribution is 2.78. The number of methoxy groups -OCH3 is 1. The van der Waals surface area contributed by atoms with Gasteiger partial charge in [0.25, 0.3) is 0 Å². The summed E-state index contributed by atoms with van der Waals surface area (Å²) < 4.78 is 5.18. The number of hydrogen-bond acceptors (Lipinski definition) is 5. The van der Waals surface area contributed by atoms with E-state index in [0.717, 1.165) is 49.9 Å². The maximum atomic E-state index is 12.8. The van der Waals surface area contributed by atoms with E-state index in [1.54, 1.807) is 0 Å². The molecule has 2 heterocycles. The minimum Gasteiger partial charge on any atom is -0.466 e. The normalized spacial score (nSPS) is 51.5. The number of piperidine rings is 1. The Morgan fingerprint density at radius 1 is 1.25 bits per heavy atom. The lowest BCUT2D eigenvalue weighted by Crippen LogP contribution is -2.77. The zero-order chi connectivity index (χ0) is 19.6. The van der Waals surface area contributed by atoms with Crippen molar-refractivity contribution in [1.29, 1.82) is 0 Å². The molecule has 1 saturated carbocycles. The highest BCUT2D eigenvalue weighted by atomic mass is 16.5. The molecule has 0 aromatic carbocycles. The number of carbonyl (C=O) groups is 1. The van der Waals surface area contributed by atoms with Gasteiger partial charge in [-0.05, 0) is 61.5 Å². The fourth-order valence-corrected chi connectivity index (χ4v) is 8.83. The van der Waals surface area contributed by atoms with Crippen LogP contribution in [0.3, 0.4) is 0 Å². The van der Waals surface area contributed by atoms with Crippen LogP contribution >= 0.6 is 0 Å². The minimum atomic E-state index is -0.979. The smallest absolute Gasteiger partial charge is 0.334 e. The maximum Gasteiger partial charge on any atom is 0.334 e.